The monoisotopic (exact) mass is 281 g/mol. The Bertz CT molecular complexity index is 405. The van der Waals surface area contributed by atoms with Crippen LogP contribution in [0.3, 0.4) is 0 Å². The van der Waals surface area contributed by atoms with Gasteiger partial charge in [0.15, 0.2) is 0 Å². The van der Waals surface area contributed by atoms with Crippen LogP contribution in [0, 0.1) is 0 Å². The second-order valence-electron chi connectivity index (χ2n) is 4.50. The second kappa shape index (κ2) is 7.56. The van der Waals surface area contributed by atoms with Gasteiger partial charge < -0.3 is 4.74 Å². The highest BCUT2D eigenvalue weighted by Gasteiger charge is 2.35. The molecule has 0 heterocycles. The Morgan fingerprint density at radius 1 is 1.32 bits per heavy atom. The van der Waals surface area contributed by atoms with Crippen molar-refractivity contribution in [2.75, 3.05) is 19.4 Å². The molecule has 1 rings (SSSR count). The predicted molar refractivity (Wildman–Crippen MR) is 80.5 cm³/mol. The average molecular weight is 281 g/mol. The Hall–Kier alpha value is -1.00. The summed E-state index contributed by atoms with van der Waals surface area (Å²) in [5, 5.41) is 3.30. The molecular weight excluding hydrogens is 258 g/mol. The molecule has 106 valence electrons. The molecule has 19 heavy (non-hydrogen) atoms. The molecule has 1 aromatic rings. The van der Waals surface area contributed by atoms with Gasteiger partial charge in [0, 0.05) is 4.90 Å². The lowest BCUT2D eigenvalue weighted by Gasteiger charge is -2.29. The fourth-order valence-electron chi connectivity index (χ4n) is 1.87. The molecule has 3 nitrogen and oxygen atoms in total. The summed E-state index contributed by atoms with van der Waals surface area (Å²) in [6, 6.07) is 8.05. The third-order valence-corrected chi connectivity index (χ3v) is 3.82. The van der Waals surface area contributed by atoms with Crippen molar-refractivity contribution in [1.29, 1.82) is 0 Å². The van der Waals surface area contributed by atoms with E-state index in [1.807, 2.05) is 44.4 Å². The van der Waals surface area contributed by atoms with E-state index < -0.39 is 5.54 Å². The minimum atomic E-state index is -0.775. The molecule has 0 fully saturated rings. The van der Waals surface area contributed by atoms with Gasteiger partial charge in [0.05, 0.1) is 6.61 Å². The number of carbonyl (C=O) groups is 1. The number of ether oxygens (including phenoxy) is 1. The SMILES string of the molecule is CCCNC(C)(C(=O)OCC)c1ccc(SC)cc1. The lowest BCUT2D eigenvalue weighted by atomic mass is 9.92. The quantitative estimate of drug-likeness (QED) is 0.615. The average Bonchev–Trinajstić information content (AvgIpc) is 2.45. The highest BCUT2D eigenvalue weighted by Crippen LogP contribution is 2.25. The van der Waals surface area contributed by atoms with Crippen LogP contribution in [0.1, 0.15) is 32.8 Å². The smallest absolute Gasteiger partial charge is 0.330 e. The first-order valence-electron chi connectivity index (χ1n) is 6.65. The maximum atomic E-state index is 12.2. The number of benzene rings is 1. The molecule has 0 amide bonds. The molecule has 1 aromatic carbocycles. The van der Waals surface area contributed by atoms with Gasteiger partial charge in [-0.05, 0) is 50.8 Å². The summed E-state index contributed by atoms with van der Waals surface area (Å²) in [5.41, 5.74) is 0.167. The maximum absolute atomic E-state index is 12.2. The molecule has 0 aliphatic carbocycles. The van der Waals surface area contributed by atoms with Gasteiger partial charge in [-0.3, -0.25) is 5.32 Å². The van der Waals surface area contributed by atoms with E-state index in [0.29, 0.717) is 6.61 Å². The number of hydrogen-bond acceptors (Lipinski definition) is 4. The third-order valence-electron chi connectivity index (χ3n) is 3.08. The first kappa shape index (κ1) is 16.1. The zero-order valence-electron chi connectivity index (χ0n) is 12.2. The van der Waals surface area contributed by atoms with Crippen molar-refractivity contribution in [2.24, 2.45) is 0 Å². The normalized spacial score (nSPS) is 13.9. The molecule has 0 aromatic heterocycles. The first-order valence-corrected chi connectivity index (χ1v) is 7.87. The maximum Gasteiger partial charge on any atom is 0.330 e. The van der Waals surface area contributed by atoms with Crippen molar-refractivity contribution in [3.8, 4) is 0 Å². The fraction of sp³-hybridized carbons (Fsp3) is 0.533. The summed E-state index contributed by atoms with van der Waals surface area (Å²) < 4.78 is 5.21. The van der Waals surface area contributed by atoms with E-state index in [1.54, 1.807) is 11.8 Å². The zero-order chi connectivity index (χ0) is 14.3. The number of esters is 1. The van der Waals surface area contributed by atoms with Crippen molar-refractivity contribution in [1.82, 2.24) is 5.32 Å². The van der Waals surface area contributed by atoms with E-state index in [9.17, 15) is 4.79 Å². The Balaban J connectivity index is 3.02. The molecule has 1 unspecified atom stereocenters. The minimum Gasteiger partial charge on any atom is -0.464 e. The van der Waals surface area contributed by atoms with Crippen molar-refractivity contribution in [3.05, 3.63) is 29.8 Å². The van der Waals surface area contributed by atoms with E-state index in [0.717, 1.165) is 18.5 Å². The van der Waals surface area contributed by atoms with Crippen molar-refractivity contribution in [3.63, 3.8) is 0 Å². The Morgan fingerprint density at radius 2 is 1.95 bits per heavy atom. The summed E-state index contributed by atoms with van der Waals surface area (Å²) >= 11 is 1.69. The number of carbonyl (C=O) groups excluding carboxylic acids is 1. The van der Waals surface area contributed by atoms with Gasteiger partial charge >= 0.3 is 5.97 Å². The van der Waals surface area contributed by atoms with Crippen LogP contribution in [-0.2, 0) is 15.1 Å². The number of hydrogen-bond donors (Lipinski definition) is 1. The number of rotatable bonds is 7. The molecule has 0 aliphatic heterocycles. The van der Waals surface area contributed by atoms with Gasteiger partial charge in [0.1, 0.15) is 5.54 Å². The summed E-state index contributed by atoms with van der Waals surface area (Å²) in [5.74, 6) is -0.222. The topological polar surface area (TPSA) is 38.3 Å². The van der Waals surface area contributed by atoms with Gasteiger partial charge in [-0.25, -0.2) is 4.79 Å². The van der Waals surface area contributed by atoms with Crippen LogP contribution in [0.4, 0.5) is 0 Å². The summed E-state index contributed by atoms with van der Waals surface area (Å²) in [7, 11) is 0. The molecule has 0 bridgehead atoms. The van der Waals surface area contributed by atoms with Gasteiger partial charge in [-0.1, -0.05) is 19.1 Å². The van der Waals surface area contributed by atoms with Crippen LogP contribution >= 0.6 is 11.8 Å². The zero-order valence-corrected chi connectivity index (χ0v) is 13.0. The largest absolute Gasteiger partial charge is 0.464 e. The molecule has 1 atom stereocenters. The predicted octanol–water partition coefficient (Wildman–Crippen LogP) is 3.19. The summed E-state index contributed by atoms with van der Waals surface area (Å²) in [6.07, 6.45) is 3.01. The van der Waals surface area contributed by atoms with Crippen LogP contribution in [0.5, 0.6) is 0 Å². The molecular formula is C15H23NO2S. The second-order valence-corrected chi connectivity index (χ2v) is 5.38. The van der Waals surface area contributed by atoms with Crippen LogP contribution in [0.2, 0.25) is 0 Å². The Kier molecular flexibility index (Phi) is 6.38. The molecule has 0 saturated heterocycles. The Morgan fingerprint density at radius 3 is 2.42 bits per heavy atom. The van der Waals surface area contributed by atoms with Crippen LogP contribution < -0.4 is 5.32 Å². The minimum absolute atomic E-state index is 0.222. The highest BCUT2D eigenvalue weighted by molar-refractivity contribution is 7.98. The van der Waals surface area contributed by atoms with E-state index in [-0.39, 0.29) is 5.97 Å². The number of nitrogens with one attached hydrogen (secondary N) is 1. The van der Waals surface area contributed by atoms with Crippen LogP contribution in [0.15, 0.2) is 29.2 Å². The van der Waals surface area contributed by atoms with Gasteiger partial charge in [-0.15, -0.1) is 11.8 Å². The molecule has 1 N–H and O–H groups in total. The molecule has 4 heteroatoms. The lowest BCUT2D eigenvalue weighted by molar-refractivity contribution is -0.151. The highest BCUT2D eigenvalue weighted by atomic mass is 32.2. The van der Waals surface area contributed by atoms with Gasteiger partial charge in [0.25, 0.3) is 0 Å². The van der Waals surface area contributed by atoms with Crippen LogP contribution in [-0.4, -0.2) is 25.4 Å². The number of thioether (sulfide) groups is 1. The first-order chi connectivity index (χ1) is 9.08. The molecule has 0 aliphatic rings. The summed E-state index contributed by atoms with van der Waals surface area (Å²) in [4.78, 5) is 13.4. The van der Waals surface area contributed by atoms with Crippen molar-refractivity contribution in [2.45, 2.75) is 37.6 Å². The van der Waals surface area contributed by atoms with Gasteiger partial charge in [-0.2, -0.15) is 0 Å². The summed E-state index contributed by atoms with van der Waals surface area (Å²) in [6.45, 7) is 6.96. The van der Waals surface area contributed by atoms with Gasteiger partial charge in [0.2, 0.25) is 0 Å². The van der Waals surface area contributed by atoms with E-state index in [4.69, 9.17) is 4.74 Å². The third kappa shape index (κ3) is 3.98. The standard InChI is InChI=1S/C15H23NO2S/c1-5-11-16-15(3,14(17)18-6-2)12-7-9-13(19-4)10-8-12/h7-10,16H,5-6,11H2,1-4H3. The van der Waals surface area contributed by atoms with E-state index in [1.165, 1.54) is 4.90 Å². The lowest BCUT2D eigenvalue weighted by Crippen LogP contribution is -2.48. The fourth-order valence-corrected chi connectivity index (χ4v) is 2.28. The molecule has 0 saturated carbocycles. The molecule has 0 radical (unpaired) electrons. The van der Waals surface area contributed by atoms with Crippen molar-refractivity contribution >= 4 is 17.7 Å². The molecule has 0 spiro atoms. The van der Waals surface area contributed by atoms with E-state index >= 15 is 0 Å². The Labute approximate surface area is 120 Å². The van der Waals surface area contributed by atoms with Crippen molar-refractivity contribution < 1.29 is 9.53 Å². The van der Waals surface area contributed by atoms with Crippen LogP contribution in [0.25, 0.3) is 0 Å². The van der Waals surface area contributed by atoms with E-state index in [2.05, 4.69) is 12.2 Å².